The van der Waals surface area contributed by atoms with E-state index >= 15 is 0 Å². The van der Waals surface area contributed by atoms with Crippen molar-refractivity contribution in [3.8, 4) is 17.6 Å². The highest BCUT2D eigenvalue weighted by atomic mass is 19.1. The number of fused-ring (bicyclic) bond motifs is 1. The Kier molecular flexibility index (Phi) is 2.42. The lowest BCUT2D eigenvalue weighted by Gasteiger charge is -2.23. The van der Waals surface area contributed by atoms with Gasteiger partial charge in [-0.15, -0.1) is 0 Å². The molecular formula is C15H10FNO2. The zero-order valence-corrected chi connectivity index (χ0v) is 10.2. The Morgan fingerprint density at radius 3 is 2.26 bits per heavy atom. The molecule has 2 aromatic rings. The molecule has 19 heavy (non-hydrogen) atoms. The van der Waals surface area contributed by atoms with Gasteiger partial charge in [0.05, 0.1) is 17.2 Å². The van der Waals surface area contributed by atoms with Crippen molar-refractivity contribution in [2.24, 2.45) is 0 Å². The summed E-state index contributed by atoms with van der Waals surface area (Å²) < 4.78 is 25.4. The van der Waals surface area contributed by atoms with E-state index in [1.807, 2.05) is 18.2 Å². The summed E-state index contributed by atoms with van der Waals surface area (Å²) in [6.45, 7) is 1.65. The third-order valence-corrected chi connectivity index (χ3v) is 3.05. The molecule has 0 aromatic heterocycles. The van der Waals surface area contributed by atoms with Gasteiger partial charge in [-0.25, -0.2) is 4.39 Å². The van der Waals surface area contributed by atoms with Crippen LogP contribution in [0, 0.1) is 17.1 Å². The average molecular weight is 255 g/mol. The summed E-state index contributed by atoms with van der Waals surface area (Å²) in [5.41, 5.74) is 0.531. The summed E-state index contributed by atoms with van der Waals surface area (Å²) in [5.74, 6) is -0.571. The van der Waals surface area contributed by atoms with Crippen LogP contribution in [0.15, 0.2) is 42.5 Å². The van der Waals surface area contributed by atoms with Crippen molar-refractivity contribution in [3.05, 3.63) is 59.4 Å². The first-order chi connectivity index (χ1) is 9.12. The second kappa shape index (κ2) is 3.99. The van der Waals surface area contributed by atoms with Crippen LogP contribution in [0.4, 0.5) is 4.39 Å². The van der Waals surface area contributed by atoms with E-state index < -0.39 is 11.6 Å². The molecule has 3 nitrogen and oxygen atoms in total. The largest absolute Gasteiger partial charge is 0.444 e. The van der Waals surface area contributed by atoms with Gasteiger partial charge < -0.3 is 9.47 Å². The minimum atomic E-state index is -1.21. The van der Waals surface area contributed by atoms with Gasteiger partial charge in [-0.05, 0) is 30.3 Å². The molecule has 4 heteroatoms. The van der Waals surface area contributed by atoms with Crippen LogP contribution in [-0.2, 0) is 5.79 Å². The number of hydrogen-bond donors (Lipinski definition) is 0. The number of para-hydroxylation sites is 2. The normalized spacial score (nSPS) is 15.0. The molecule has 3 rings (SSSR count). The van der Waals surface area contributed by atoms with E-state index in [1.165, 1.54) is 12.1 Å². The number of hydrogen-bond acceptors (Lipinski definition) is 3. The maximum absolute atomic E-state index is 14.0. The lowest BCUT2D eigenvalue weighted by molar-refractivity contribution is -0.0707. The summed E-state index contributed by atoms with van der Waals surface area (Å²) in [5, 5.41) is 8.75. The first kappa shape index (κ1) is 11.5. The predicted molar refractivity (Wildman–Crippen MR) is 66.2 cm³/mol. The van der Waals surface area contributed by atoms with Crippen LogP contribution < -0.4 is 9.47 Å². The van der Waals surface area contributed by atoms with E-state index in [4.69, 9.17) is 14.7 Å². The van der Waals surface area contributed by atoms with Crippen LogP contribution in [-0.4, -0.2) is 0 Å². The van der Waals surface area contributed by atoms with E-state index in [-0.39, 0.29) is 11.1 Å². The van der Waals surface area contributed by atoms with Crippen LogP contribution in [0.1, 0.15) is 18.1 Å². The first-order valence-electron chi connectivity index (χ1n) is 5.79. The maximum atomic E-state index is 14.0. The SMILES string of the molecule is CC1(c2ccc(C#N)cc2F)Oc2ccccc2O1. The minimum absolute atomic E-state index is 0.264. The smallest absolute Gasteiger partial charge is 0.278 e. The lowest BCUT2D eigenvalue weighted by atomic mass is 10.0. The number of benzene rings is 2. The van der Waals surface area contributed by atoms with Crippen molar-refractivity contribution in [2.75, 3.05) is 0 Å². The fourth-order valence-corrected chi connectivity index (χ4v) is 2.12. The summed E-state index contributed by atoms with van der Waals surface area (Å²) in [4.78, 5) is 0. The Morgan fingerprint density at radius 1 is 1.11 bits per heavy atom. The maximum Gasteiger partial charge on any atom is 0.278 e. The Balaban J connectivity index is 2.03. The zero-order valence-electron chi connectivity index (χ0n) is 10.2. The van der Waals surface area contributed by atoms with Crippen molar-refractivity contribution >= 4 is 0 Å². The minimum Gasteiger partial charge on any atom is -0.444 e. The predicted octanol–water partition coefficient (Wildman–Crippen LogP) is 3.34. The van der Waals surface area contributed by atoms with Gasteiger partial charge >= 0.3 is 0 Å². The number of nitriles is 1. The van der Waals surface area contributed by atoms with Crippen molar-refractivity contribution in [2.45, 2.75) is 12.7 Å². The van der Waals surface area contributed by atoms with Crippen molar-refractivity contribution in [1.82, 2.24) is 0 Å². The molecule has 0 unspecified atom stereocenters. The van der Waals surface area contributed by atoms with Gasteiger partial charge in [0, 0.05) is 6.92 Å². The molecule has 0 saturated carbocycles. The molecule has 94 valence electrons. The molecule has 1 heterocycles. The highest BCUT2D eigenvalue weighted by Crippen LogP contribution is 2.44. The fourth-order valence-electron chi connectivity index (χ4n) is 2.12. The Labute approximate surface area is 109 Å². The summed E-state index contributed by atoms with van der Waals surface area (Å²) in [6, 6.07) is 13.3. The molecule has 1 aliphatic rings. The molecule has 2 aromatic carbocycles. The van der Waals surface area contributed by atoms with E-state index in [1.54, 1.807) is 25.1 Å². The zero-order chi connectivity index (χ0) is 13.5. The van der Waals surface area contributed by atoms with Gasteiger partial charge in [0.1, 0.15) is 5.82 Å². The molecule has 0 fully saturated rings. The summed E-state index contributed by atoms with van der Waals surface area (Å²) in [6.07, 6.45) is 0. The van der Waals surface area contributed by atoms with Crippen LogP contribution in [0.3, 0.4) is 0 Å². The molecule has 0 atom stereocenters. The van der Waals surface area contributed by atoms with Crippen LogP contribution in [0.2, 0.25) is 0 Å². The molecule has 0 spiro atoms. The van der Waals surface area contributed by atoms with Crippen LogP contribution in [0.5, 0.6) is 11.5 Å². The molecule has 0 aliphatic carbocycles. The second-order valence-electron chi connectivity index (χ2n) is 4.40. The molecular weight excluding hydrogens is 245 g/mol. The lowest BCUT2D eigenvalue weighted by Crippen LogP contribution is -2.32. The molecule has 0 bridgehead atoms. The monoisotopic (exact) mass is 255 g/mol. The van der Waals surface area contributed by atoms with Crippen LogP contribution >= 0.6 is 0 Å². The van der Waals surface area contributed by atoms with Crippen molar-refractivity contribution in [1.29, 1.82) is 5.26 Å². The Bertz CT molecular complexity index is 666. The highest BCUT2D eigenvalue weighted by Gasteiger charge is 2.40. The first-order valence-corrected chi connectivity index (χ1v) is 5.79. The number of ether oxygens (including phenoxy) is 2. The van der Waals surface area contributed by atoms with Gasteiger partial charge in [-0.1, -0.05) is 12.1 Å². The van der Waals surface area contributed by atoms with E-state index in [2.05, 4.69) is 0 Å². The fraction of sp³-hybridized carbons (Fsp3) is 0.133. The number of rotatable bonds is 1. The quantitative estimate of drug-likeness (QED) is 0.784. The topological polar surface area (TPSA) is 42.2 Å². The molecule has 0 saturated heterocycles. The van der Waals surface area contributed by atoms with Gasteiger partial charge in [0.15, 0.2) is 11.5 Å². The molecule has 1 aliphatic heterocycles. The molecule has 0 amide bonds. The Morgan fingerprint density at radius 2 is 1.74 bits per heavy atom. The molecule has 0 radical (unpaired) electrons. The third kappa shape index (κ3) is 1.80. The second-order valence-corrected chi connectivity index (χ2v) is 4.40. The molecule has 0 N–H and O–H groups in total. The number of nitrogens with zero attached hydrogens (tertiary/aromatic N) is 1. The highest BCUT2D eigenvalue weighted by molar-refractivity contribution is 5.45. The average Bonchev–Trinajstić information content (AvgIpc) is 2.75. The van der Waals surface area contributed by atoms with Crippen molar-refractivity contribution < 1.29 is 13.9 Å². The van der Waals surface area contributed by atoms with E-state index in [0.29, 0.717) is 11.5 Å². The van der Waals surface area contributed by atoms with E-state index in [9.17, 15) is 4.39 Å². The standard InChI is InChI=1S/C15H10FNO2/c1-15(11-7-6-10(9-17)8-12(11)16)18-13-4-2-3-5-14(13)19-15/h2-8H,1H3. The van der Waals surface area contributed by atoms with Gasteiger partial charge in [-0.3, -0.25) is 0 Å². The van der Waals surface area contributed by atoms with Gasteiger partial charge in [0.2, 0.25) is 0 Å². The van der Waals surface area contributed by atoms with Gasteiger partial charge in [0.25, 0.3) is 5.79 Å². The van der Waals surface area contributed by atoms with Gasteiger partial charge in [-0.2, -0.15) is 5.26 Å². The van der Waals surface area contributed by atoms with E-state index in [0.717, 1.165) is 0 Å². The summed E-state index contributed by atoms with van der Waals surface area (Å²) >= 11 is 0. The third-order valence-electron chi connectivity index (χ3n) is 3.05. The van der Waals surface area contributed by atoms with Crippen molar-refractivity contribution in [3.63, 3.8) is 0 Å². The van der Waals surface area contributed by atoms with Crippen LogP contribution in [0.25, 0.3) is 0 Å². The Hall–Kier alpha value is -2.54. The summed E-state index contributed by atoms with van der Waals surface area (Å²) in [7, 11) is 0. The number of halogens is 1.